The number of carbonyl (C=O) groups excluding carboxylic acids is 3. The number of carboxylic acid groups (broad SMARTS) is 2. The van der Waals surface area contributed by atoms with Gasteiger partial charge in [0.15, 0.2) is 0 Å². The van der Waals surface area contributed by atoms with Crippen molar-refractivity contribution in [3.05, 3.63) is 36.0 Å². The van der Waals surface area contributed by atoms with Gasteiger partial charge in [-0.1, -0.05) is 32.0 Å². The van der Waals surface area contributed by atoms with Crippen LogP contribution in [0, 0.1) is 5.92 Å². The quantitative estimate of drug-likeness (QED) is 0.215. The van der Waals surface area contributed by atoms with Gasteiger partial charge in [0.1, 0.15) is 18.1 Å². The molecule has 0 spiro atoms. The van der Waals surface area contributed by atoms with E-state index in [0.717, 1.165) is 16.5 Å². The Morgan fingerprint density at radius 1 is 1.08 bits per heavy atom. The maximum Gasteiger partial charge on any atom is 0.326 e. The molecule has 1 aliphatic rings. The summed E-state index contributed by atoms with van der Waals surface area (Å²) < 4.78 is 0. The molecule has 0 saturated carbocycles. The van der Waals surface area contributed by atoms with E-state index < -0.39 is 60.2 Å². The lowest BCUT2D eigenvalue weighted by atomic mass is 10.0. The number of amides is 3. The van der Waals surface area contributed by atoms with Crippen LogP contribution >= 0.6 is 0 Å². The van der Waals surface area contributed by atoms with Crippen LogP contribution in [-0.4, -0.2) is 80.5 Å². The number of aliphatic carboxylic acids is 2. The zero-order chi connectivity index (χ0) is 28.7. The van der Waals surface area contributed by atoms with E-state index in [1.807, 2.05) is 38.1 Å². The molecule has 0 radical (unpaired) electrons. The Kier molecular flexibility index (Phi) is 10.0. The molecular formula is C27H37N5O7. The van der Waals surface area contributed by atoms with Gasteiger partial charge in [0, 0.05) is 30.1 Å². The molecule has 3 amide bonds. The number of likely N-dealkylation sites (tertiary alicyclic amines) is 1. The van der Waals surface area contributed by atoms with E-state index >= 15 is 0 Å². The molecule has 3 rings (SSSR count). The summed E-state index contributed by atoms with van der Waals surface area (Å²) in [6, 6.07) is 3.28. The monoisotopic (exact) mass is 543 g/mol. The smallest absolute Gasteiger partial charge is 0.326 e. The van der Waals surface area contributed by atoms with Gasteiger partial charge in [0.25, 0.3) is 0 Å². The molecule has 0 bridgehead atoms. The second-order valence-electron chi connectivity index (χ2n) is 10.4. The molecule has 7 N–H and O–H groups in total. The van der Waals surface area contributed by atoms with E-state index in [1.165, 1.54) is 4.90 Å². The molecule has 2 heterocycles. The number of benzene rings is 1. The van der Waals surface area contributed by atoms with Gasteiger partial charge in [-0.15, -0.1) is 0 Å². The maximum absolute atomic E-state index is 13.3. The van der Waals surface area contributed by atoms with Crippen molar-refractivity contribution in [1.29, 1.82) is 0 Å². The van der Waals surface area contributed by atoms with Crippen LogP contribution in [0.3, 0.4) is 0 Å². The number of hydrogen-bond acceptors (Lipinski definition) is 6. The molecule has 1 saturated heterocycles. The number of para-hydroxylation sites is 1. The Bertz CT molecular complexity index is 1210. The fourth-order valence-electron chi connectivity index (χ4n) is 4.90. The number of aromatic nitrogens is 1. The lowest BCUT2D eigenvalue weighted by Crippen LogP contribution is -2.57. The third-order valence-electron chi connectivity index (χ3n) is 6.87. The molecule has 0 aliphatic carbocycles. The van der Waals surface area contributed by atoms with Crippen LogP contribution < -0.4 is 16.4 Å². The third-order valence-corrected chi connectivity index (χ3v) is 6.87. The molecular weight excluding hydrogens is 506 g/mol. The number of H-pyrrole nitrogens is 1. The lowest BCUT2D eigenvalue weighted by molar-refractivity contribution is -0.149. The Balaban J connectivity index is 1.72. The highest BCUT2D eigenvalue weighted by Gasteiger charge is 2.38. The Morgan fingerprint density at radius 2 is 1.77 bits per heavy atom. The number of nitrogens with two attached hydrogens (primary N) is 1. The summed E-state index contributed by atoms with van der Waals surface area (Å²) in [6.07, 6.45) is 2.45. The number of hydrogen-bond donors (Lipinski definition) is 6. The van der Waals surface area contributed by atoms with Crippen molar-refractivity contribution >= 4 is 40.6 Å². The number of fused-ring (bicyclic) bond motifs is 1. The summed E-state index contributed by atoms with van der Waals surface area (Å²) in [5.41, 5.74) is 7.87. The molecule has 1 fully saturated rings. The molecule has 1 aromatic carbocycles. The van der Waals surface area contributed by atoms with Gasteiger partial charge in [0.05, 0.1) is 6.04 Å². The van der Waals surface area contributed by atoms with Crippen LogP contribution in [0.25, 0.3) is 10.9 Å². The summed E-state index contributed by atoms with van der Waals surface area (Å²) >= 11 is 0. The Labute approximate surface area is 226 Å². The van der Waals surface area contributed by atoms with Gasteiger partial charge in [-0.2, -0.15) is 0 Å². The average Bonchev–Trinajstić information content (AvgIpc) is 3.53. The van der Waals surface area contributed by atoms with Crippen LogP contribution in [0.15, 0.2) is 30.5 Å². The first-order chi connectivity index (χ1) is 18.5. The fourth-order valence-corrected chi connectivity index (χ4v) is 4.90. The van der Waals surface area contributed by atoms with Gasteiger partial charge in [-0.3, -0.25) is 19.2 Å². The highest BCUT2D eigenvalue weighted by Crippen LogP contribution is 2.21. The number of nitrogens with one attached hydrogen (secondary N) is 3. The van der Waals surface area contributed by atoms with Crippen molar-refractivity contribution in [3.63, 3.8) is 0 Å². The topological polar surface area (TPSA) is 195 Å². The van der Waals surface area contributed by atoms with Gasteiger partial charge >= 0.3 is 11.9 Å². The van der Waals surface area contributed by atoms with Crippen molar-refractivity contribution in [2.45, 2.75) is 76.5 Å². The first-order valence-electron chi connectivity index (χ1n) is 13.1. The number of carbonyl (C=O) groups is 5. The largest absolute Gasteiger partial charge is 0.481 e. The summed E-state index contributed by atoms with van der Waals surface area (Å²) in [5.74, 6) is -4.15. The maximum atomic E-state index is 13.3. The Morgan fingerprint density at radius 3 is 2.44 bits per heavy atom. The molecule has 4 atom stereocenters. The zero-order valence-corrected chi connectivity index (χ0v) is 22.2. The molecule has 1 aliphatic heterocycles. The molecule has 2 aromatic rings. The van der Waals surface area contributed by atoms with Gasteiger partial charge in [0.2, 0.25) is 17.7 Å². The van der Waals surface area contributed by atoms with E-state index in [0.29, 0.717) is 12.8 Å². The highest BCUT2D eigenvalue weighted by molar-refractivity contribution is 5.94. The second kappa shape index (κ2) is 13.2. The zero-order valence-electron chi connectivity index (χ0n) is 22.2. The summed E-state index contributed by atoms with van der Waals surface area (Å²) in [7, 11) is 0. The van der Waals surface area contributed by atoms with Crippen LogP contribution in [0.5, 0.6) is 0 Å². The van der Waals surface area contributed by atoms with E-state index in [9.17, 15) is 34.2 Å². The molecule has 1 aromatic heterocycles. The van der Waals surface area contributed by atoms with Crippen molar-refractivity contribution < 1.29 is 34.2 Å². The minimum Gasteiger partial charge on any atom is -0.481 e. The first kappa shape index (κ1) is 29.6. The fraction of sp³-hybridized carbons (Fsp3) is 0.519. The van der Waals surface area contributed by atoms with Crippen molar-refractivity contribution in [3.8, 4) is 0 Å². The van der Waals surface area contributed by atoms with Crippen molar-refractivity contribution in [2.24, 2.45) is 11.7 Å². The van der Waals surface area contributed by atoms with E-state index in [1.54, 1.807) is 6.20 Å². The molecule has 12 nitrogen and oxygen atoms in total. The predicted octanol–water partition coefficient (Wildman–Crippen LogP) is 0.994. The van der Waals surface area contributed by atoms with Crippen LogP contribution in [0.4, 0.5) is 0 Å². The minimum atomic E-state index is -1.25. The van der Waals surface area contributed by atoms with E-state index in [-0.39, 0.29) is 31.7 Å². The molecule has 12 heteroatoms. The third kappa shape index (κ3) is 7.79. The highest BCUT2D eigenvalue weighted by atomic mass is 16.4. The van der Waals surface area contributed by atoms with Crippen molar-refractivity contribution in [2.75, 3.05) is 6.54 Å². The molecule has 212 valence electrons. The van der Waals surface area contributed by atoms with E-state index in [2.05, 4.69) is 15.6 Å². The number of rotatable bonds is 13. The standard InChI is InChI=1S/C27H37N5O7/c1-15(2)12-21(26(37)32-11-5-8-22(32)27(38)39)31-25(36)20(9-10-23(33)34)30-24(35)18(28)13-16-14-29-19-7-4-3-6-17(16)19/h3-4,6-7,14-15,18,20-22,29H,5,8-13,28H2,1-2H3,(H,30,35)(H,31,36)(H,33,34)(H,38,39). The summed E-state index contributed by atoms with van der Waals surface area (Å²) in [4.78, 5) is 66.8. The number of aromatic amines is 1. The normalized spacial score (nSPS) is 17.5. The van der Waals surface area contributed by atoms with Gasteiger partial charge in [-0.05, 0) is 49.7 Å². The van der Waals surface area contributed by atoms with Gasteiger partial charge < -0.3 is 36.5 Å². The number of carboxylic acids is 2. The first-order valence-corrected chi connectivity index (χ1v) is 13.1. The number of nitrogens with zero attached hydrogens (tertiary/aromatic N) is 1. The van der Waals surface area contributed by atoms with Crippen LogP contribution in [-0.2, 0) is 30.4 Å². The van der Waals surface area contributed by atoms with Crippen LogP contribution in [0.1, 0.15) is 51.5 Å². The van der Waals surface area contributed by atoms with Gasteiger partial charge in [-0.25, -0.2) is 4.79 Å². The predicted molar refractivity (Wildman–Crippen MR) is 143 cm³/mol. The second-order valence-corrected chi connectivity index (χ2v) is 10.4. The summed E-state index contributed by atoms with van der Waals surface area (Å²) in [6.45, 7) is 3.99. The average molecular weight is 544 g/mol. The van der Waals surface area contributed by atoms with E-state index in [4.69, 9.17) is 5.73 Å². The summed E-state index contributed by atoms with van der Waals surface area (Å²) in [5, 5.41) is 24.8. The Hall–Kier alpha value is -3.93. The molecule has 39 heavy (non-hydrogen) atoms. The SMILES string of the molecule is CC(C)CC(NC(=O)C(CCC(=O)O)NC(=O)C(N)Cc1c[nH]c2ccccc12)C(=O)N1CCCC1C(=O)O. The van der Waals surface area contributed by atoms with Crippen molar-refractivity contribution in [1.82, 2.24) is 20.5 Å². The lowest BCUT2D eigenvalue weighted by Gasteiger charge is -2.29. The minimum absolute atomic E-state index is 0.0122. The molecule has 4 unspecified atom stereocenters. The van der Waals surface area contributed by atoms with Crippen LogP contribution in [0.2, 0.25) is 0 Å².